The third-order valence-electron chi connectivity index (χ3n) is 5.80. The average Bonchev–Trinajstić information content (AvgIpc) is 3.21. The van der Waals surface area contributed by atoms with Gasteiger partial charge < -0.3 is 4.74 Å². The van der Waals surface area contributed by atoms with Crippen LogP contribution in [0.2, 0.25) is 0 Å². The quantitative estimate of drug-likeness (QED) is 0.484. The Kier molecular flexibility index (Phi) is 4.53. The van der Waals surface area contributed by atoms with Crippen LogP contribution in [0, 0.1) is 22.7 Å². The van der Waals surface area contributed by atoms with Gasteiger partial charge in [0.15, 0.2) is 0 Å². The summed E-state index contributed by atoms with van der Waals surface area (Å²) >= 11 is 0. The third-order valence-corrected chi connectivity index (χ3v) is 5.80. The molecular formula is C25H20N4O. The van der Waals surface area contributed by atoms with Gasteiger partial charge in [-0.15, -0.1) is 5.10 Å². The monoisotopic (exact) mass is 392 g/mol. The molecule has 5 nitrogen and oxygen atoms in total. The van der Waals surface area contributed by atoms with Gasteiger partial charge in [0, 0.05) is 17.0 Å². The number of rotatable bonds is 4. The minimum atomic E-state index is -0.627. The maximum Gasteiger partial charge on any atom is 0.243 e. The van der Waals surface area contributed by atoms with E-state index >= 15 is 0 Å². The van der Waals surface area contributed by atoms with Crippen molar-refractivity contribution in [2.75, 3.05) is 0 Å². The van der Waals surface area contributed by atoms with Gasteiger partial charge in [-0.3, -0.25) is 10.5 Å². The van der Waals surface area contributed by atoms with Crippen LogP contribution in [0.4, 0.5) is 0 Å². The van der Waals surface area contributed by atoms with Crippen molar-refractivity contribution >= 4 is 16.7 Å². The minimum Gasteiger partial charge on any atom is -0.422 e. The minimum absolute atomic E-state index is 0.0281. The van der Waals surface area contributed by atoms with E-state index in [0.717, 1.165) is 35.0 Å². The zero-order chi connectivity index (χ0) is 20.5. The first-order chi connectivity index (χ1) is 14.7. The third kappa shape index (κ3) is 3.13. The van der Waals surface area contributed by atoms with E-state index in [2.05, 4.69) is 58.7 Å². The SMILES string of the molecule is N#CC1C(=N)Oc2n[nH]c(-c3ccc4ccccc4c3)c2C1CCc1ccccc1. The highest BCUT2D eigenvalue weighted by atomic mass is 16.5. The smallest absolute Gasteiger partial charge is 0.243 e. The Bertz CT molecular complexity index is 1270. The molecule has 0 radical (unpaired) electrons. The highest BCUT2D eigenvalue weighted by molar-refractivity contribution is 5.89. The second kappa shape index (κ2) is 7.49. The highest BCUT2D eigenvalue weighted by Crippen LogP contribution is 2.44. The van der Waals surface area contributed by atoms with Crippen molar-refractivity contribution in [1.82, 2.24) is 10.2 Å². The fourth-order valence-corrected chi connectivity index (χ4v) is 4.26. The predicted molar refractivity (Wildman–Crippen MR) is 116 cm³/mol. The molecule has 5 heteroatoms. The van der Waals surface area contributed by atoms with E-state index in [0.29, 0.717) is 5.88 Å². The molecule has 4 aromatic rings. The van der Waals surface area contributed by atoms with E-state index < -0.39 is 5.92 Å². The number of hydrogen-bond acceptors (Lipinski definition) is 4. The Labute approximate surface area is 174 Å². The lowest BCUT2D eigenvalue weighted by Crippen LogP contribution is -2.30. The van der Waals surface area contributed by atoms with E-state index in [1.165, 1.54) is 10.9 Å². The molecule has 30 heavy (non-hydrogen) atoms. The molecular weight excluding hydrogens is 372 g/mol. The van der Waals surface area contributed by atoms with Crippen LogP contribution < -0.4 is 4.74 Å². The summed E-state index contributed by atoms with van der Waals surface area (Å²) in [5.74, 6) is -0.406. The van der Waals surface area contributed by atoms with E-state index in [1.807, 2.05) is 30.3 Å². The van der Waals surface area contributed by atoms with Crippen LogP contribution in [0.5, 0.6) is 5.88 Å². The number of fused-ring (bicyclic) bond motifs is 2. The molecule has 0 saturated carbocycles. The fourth-order valence-electron chi connectivity index (χ4n) is 4.26. The topological polar surface area (TPSA) is 85.6 Å². The van der Waals surface area contributed by atoms with Gasteiger partial charge in [-0.05, 0) is 35.2 Å². The molecule has 3 aromatic carbocycles. The van der Waals surface area contributed by atoms with Crippen molar-refractivity contribution in [2.45, 2.75) is 18.8 Å². The molecule has 0 aliphatic carbocycles. The van der Waals surface area contributed by atoms with Crippen LogP contribution in [0.15, 0.2) is 72.8 Å². The normalized spacial score (nSPS) is 17.9. The Hall–Kier alpha value is -3.91. The van der Waals surface area contributed by atoms with Crippen molar-refractivity contribution in [3.8, 4) is 23.2 Å². The van der Waals surface area contributed by atoms with E-state index in [4.69, 9.17) is 10.1 Å². The number of nitrogens with zero attached hydrogens (tertiary/aromatic N) is 2. The molecule has 1 aliphatic rings. The van der Waals surface area contributed by atoms with Crippen LogP contribution >= 0.6 is 0 Å². The molecule has 5 rings (SSSR count). The number of hydrogen-bond donors (Lipinski definition) is 2. The molecule has 0 saturated heterocycles. The zero-order valence-corrected chi connectivity index (χ0v) is 16.3. The van der Waals surface area contributed by atoms with Crippen molar-refractivity contribution in [1.29, 1.82) is 10.7 Å². The molecule has 1 aromatic heterocycles. The van der Waals surface area contributed by atoms with Crippen LogP contribution in [-0.4, -0.2) is 16.1 Å². The van der Waals surface area contributed by atoms with Crippen molar-refractivity contribution < 1.29 is 4.74 Å². The number of aromatic nitrogens is 2. The van der Waals surface area contributed by atoms with Crippen LogP contribution in [0.3, 0.4) is 0 Å². The molecule has 1 aliphatic heterocycles. The van der Waals surface area contributed by atoms with Crippen LogP contribution in [-0.2, 0) is 6.42 Å². The largest absolute Gasteiger partial charge is 0.422 e. The summed E-state index contributed by atoms with van der Waals surface area (Å²) in [5.41, 5.74) is 3.97. The van der Waals surface area contributed by atoms with Crippen molar-refractivity contribution in [3.05, 3.63) is 83.9 Å². The molecule has 2 heterocycles. The number of nitrogens with one attached hydrogen (secondary N) is 2. The maximum absolute atomic E-state index is 9.79. The Morgan fingerprint density at radius 2 is 1.77 bits per heavy atom. The van der Waals surface area contributed by atoms with E-state index in [9.17, 15) is 5.26 Å². The average molecular weight is 392 g/mol. The first-order valence-corrected chi connectivity index (χ1v) is 10.0. The summed E-state index contributed by atoms with van der Waals surface area (Å²) < 4.78 is 5.63. The first-order valence-electron chi connectivity index (χ1n) is 10.0. The maximum atomic E-state index is 9.79. The second-order valence-corrected chi connectivity index (χ2v) is 7.58. The lowest BCUT2D eigenvalue weighted by molar-refractivity contribution is 0.407. The van der Waals surface area contributed by atoms with Gasteiger partial charge in [0.2, 0.25) is 11.8 Å². The van der Waals surface area contributed by atoms with Gasteiger partial charge in [0.25, 0.3) is 0 Å². The molecule has 0 fully saturated rings. The van der Waals surface area contributed by atoms with Crippen molar-refractivity contribution in [2.24, 2.45) is 5.92 Å². The van der Waals surface area contributed by atoms with E-state index in [-0.39, 0.29) is 11.8 Å². The summed E-state index contributed by atoms with van der Waals surface area (Å²) in [4.78, 5) is 0. The predicted octanol–water partition coefficient (Wildman–Crippen LogP) is 5.46. The zero-order valence-electron chi connectivity index (χ0n) is 16.3. The molecule has 0 bridgehead atoms. The summed E-state index contributed by atoms with van der Waals surface area (Å²) in [6, 6.07) is 27.0. The van der Waals surface area contributed by atoms with Crippen LogP contribution in [0.25, 0.3) is 22.0 Å². The molecule has 0 amide bonds. The standard InChI is InChI=1S/C25H20N4O/c26-15-21-20(13-10-16-6-2-1-3-7-16)22-23(28-29-25(22)30-24(21)27)19-12-11-17-8-4-5-9-18(17)14-19/h1-9,11-12,14,20-21,27H,10,13H2,(H,28,29). The number of ether oxygens (including phenoxy) is 1. The Morgan fingerprint density at radius 3 is 2.57 bits per heavy atom. The number of aromatic amines is 1. The molecule has 2 N–H and O–H groups in total. The van der Waals surface area contributed by atoms with Gasteiger partial charge in [0.05, 0.1) is 11.8 Å². The summed E-state index contributed by atoms with van der Waals surface area (Å²) in [5, 5.41) is 27.8. The summed E-state index contributed by atoms with van der Waals surface area (Å²) in [6.45, 7) is 0. The van der Waals surface area contributed by atoms with Crippen LogP contribution in [0.1, 0.15) is 23.5 Å². The van der Waals surface area contributed by atoms with Crippen molar-refractivity contribution in [3.63, 3.8) is 0 Å². The number of benzene rings is 3. The Balaban J connectivity index is 1.57. The van der Waals surface area contributed by atoms with E-state index in [1.54, 1.807) is 0 Å². The number of H-pyrrole nitrogens is 1. The summed E-state index contributed by atoms with van der Waals surface area (Å²) in [7, 11) is 0. The fraction of sp³-hybridized carbons (Fsp3) is 0.160. The highest BCUT2D eigenvalue weighted by Gasteiger charge is 2.39. The van der Waals surface area contributed by atoms with Gasteiger partial charge in [0.1, 0.15) is 5.92 Å². The second-order valence-electron chi connectivity index (χ2n) is 7.58. The van der Waals surface area contributed by atoms with Gasteiger partial charge >= 0.3 is 0 Å². The summed E-state index contributed by atoms with van der Waals surface area (Å²) in [6.07, 6.45) is 1.56. The van der Waals surface area contributed by atoms with Gasteiger partial charge in [-0.2, -0.15) is 5.26 Å². The Morgan fingerprint density at radius 1 is 1.00 bits per heavy atom. The van der Waals surface area contributed by atoms with Gasteiger partial charge in [-0.1, -0.05) is 66.7 Å². The number of aryl methyl sites for hydroxylation is 1. The molecule has 2 atom stereocenters. The molecule has 0 spiro atoms. The molecule has 146 valence electrons. The first kappa shape index (κ1) is 18.1. The lowest BCUT2D eigenvalue weighted by Gasteiger charge is -2.27. The lowest BCUT2D eigenvalue weighted by atomic mass is 9.80. The number of nitriles is 1. The van der Waals surface area contributed by atoms with Gasteiger partial charge in [-0.25, -0.2) is 0 Å². The molecule has 2 unspecified atom stereocenters.